The molecule has 0 saturated carbocycles. The van der Waals surface area contributed by atoms with Gasteiger partial charge in [0.1, 0.15) is 6.54 Å². The van der Waals surface area contributed by atoms with Crippen LogP contribution in [0, 0.1) is 0 Å². The number of hydrogen-bond acceptors (Lipinski definition) is 5. The Morgan fingerprint density at radius 2 is 2.03 bits per heavy atom. The van der Waals surface area contributed by atoms with E-state index in [0.29, 0.717) is 12.5 Å². The summed E-state index contributed by atoms with van der Waals surface area (Å²) in [6.07, 6.45) is 2.79. The molecule has 1 saturated heterocycles. The Labute approximate surface area is 194 Å². The molecule has 1 aromatic heterocycles. The molecule has 0 radical (unpaired) electrons. The van der Waals surface area contributed by atoms with E-state index in [4.69, 9.17) is 0 Å². The lowest BCUT2D eigenvalue weighted by Crippen LogP contribution is -2.50. The van der Waals surface area contributed by atoms with E-state index in [2.05, 4.69) is 43.4 Å². The van der Waals surface area contributed by atoms with Crippen molar-refractivity contribution in [2.75, 3.05) is 53.9 Å². The average Bonchev–Trinajstić information content (AvgIpc) is 3.20. The lowest BCUT2D eigenvalue weighted by molar-refractivity contribution is -0.127. The molecule has 0 unspecified atom stereocenters. The summed E-state index contributed by atoms with van der Waals surface area (Å²) < 4.78 is 0. The average molecular weight is 536 g/mol. The minimum Gasteiger partial charge on any atom is -0.358 e. The van der Waals surface area contributed by atoms with Gasteiger partial charge in [-0.25, -0.2) is 4.99 Å². The number of likely N-dealkylation sites (N-methyl/N-ethyl adjacent to an activating group) is 2. The Morgan fingerprint density at radius 1 is 1.31 bits per heavy atom. The van der Waals surface area contributed by atoms with Crippen LogP contribution in [0.2, 0.25) is 0 Å². The van der Waals surface area contributed by atoms with Crippen LogP contribution in [0.3, 0.4) is 0 Å². The maximum absolute atomic E-state index is 11.9. The smallest absolute Gasteiger partial charge is 0.243 e. The predicted octanol–water partition coefficient (Wildman–Crippen LogP) is 0.742. The van der Waals surface area contributed by atoms with Crippen LogP contribution in [-0.4, -0.2) is 87.5 Å². The van der Waals surface area contributed by atoms with Gasteiger partial charge >= 0.3 is 0 Å². The molecule has 0 spiro atoms. The molecule has 10 heteroatoms. The number of hydrogen-bond donors (Lipinski definition) is 3. The summed E-state index contributed by atoms with van der Waals surface area (Å²) in [6, 6.07) is 4.45. The first-order valence-corrected chi connectivity index (χ1v) is 10.6. The van der Waals surface area contributed by atoms with Crippen LogP contribution in [0.4, 0.5) is 0 Å². The molecule has 0 aromatic carbocycles. The molecular formula is C19H33IN6O2S. The van der Waals surface area contributed by atoms with Gasteiger partial charge in [0.05, 0.1) is 6.54 Å². The summed E-state index contributed by atoms with van der Waals surface area (Å²) in [7, 11) is 5.13. The molecule has 164 valence electrons. The van der Waals surface area contributed by atoms with E-state index >= 15 is 0 Å². The van der Waals surface area contributed by atoms with E-state index < -0.39 is 0 Å². The number of amides is 2. The zero-order valence-electron chi connectivity index (χ0n) is 17.4. The largest absolute Gasteiger partial charge is 0.358 e. The van der Waals surface area contributed by atoms with Crippen molar-refractivity contribution in [2.45, 2.75) is 25.3 Å². The number of piperidine rings is 1. The molecule has 3 N–H and O–H groups in total. The van der Waals surface area contributed by atoms with Gasteiger partial charge in [-0.2, -0.15) is 0 Å². The number of likely N-dealkylation sites (tertiary alicyclic amines) is 1. The van der Waals surface area contributed by atoms with Gasteiger partial charge in [0.25, 0.3) is 0 Å². The fourth-order valence-electron chi connectivity index (χ4n) is 2.91. The third-order valence-electron chi connectivity index (χ3n) is 4.69. The maximum Gasteiger partial charge on any atom is 0.243 e. The van der Waals surface area contributed by atoms with E-state index in [1.165, 1.54) is 4.88 Å². The van der Waals surface area contributed by atoms with Gasteiger partial charge < -0.3 is 20.9 Å². The Kier molecular flexibility index (Phi) is 12.2. The van der Waals surface area contributed by atoms with Crippen molar-refractivity contribution in [1.29, 1.82) is 0 Å². The summed E-state index contributed by atoms with van der Waals surface area (Å²) in [5.74, 6) is 0.697. The van der Waals surface area contributed by atoms with Gasteiger partial charge in [-0.05, 0) is 30.7 Å². The summed E-state index contributed by atoms with van der Waals surface area (Å²) in [4.78, 5) is 32.9. The van der Waals surface area contributed by atoms with Crippen molar-refractivity contribution in [3.05, 3.63) is 22.4 Å². The molecule has 0 atom stereocenters. The topological polar surface area (TPSA) is 89.1 Å². The second-order valence-electron chi connectivity index (χ2n) is 7.08. The molecule has 1 aliphatic heterocycles. The van der Waals surface area contributed by atoms with Gasteiger partial charge in [-0.1, -0.05) is 6.07 Å². The number of aliphatic imine (C=N–C) groups is 1. The first-order valence-electron chi connectivity index (χ1n) is 9.68. The van der Waals surface area contributed by atoms with Gasteiger partial charge in [0, 0.05) is 51.7 Å². The molecule has 1 aromatic rings. The first-order chi connectivity index (χ1) is 13.5. The summed E-state index contributed by atoms with van der Waals surface area (Å²) in [6.45, 7) is 3.06. The molecular weight excluding hydrogens is 503 g/mol. The highest BCUT2D eigenvalue weighted by Gasteiger charge is 2.21. The van der Waals surface area contributed by atoms with Crippen LogP contribution in [0.15, 0.2) is 22.5 Å². The van der Waals surface area contributed by atoms with Crippen LogP contribution in [0.25, 0.3) is 0 Å². The second-order valence-corrected chi connectivity index (χ2v) is 8.11. The SMILES string of the molecule is CNC(=O)CN1CCC(NC(=NCC(=O)N(C)C)NCCc2cccs2)CC1.I. The first kappa shape index (κ1) is 25.6. The number of carbonyl (C=O) groups excluding carboxylic acids is 2. The van der Waals surface area contributed by atoms with Gasteiger partial charge in [0.15, 0.2) is 5.96 Å². The molecule has 1 aliphatic rings. The van der Waals surface area contributed by atoms with E-state index in [1.54, 1.807) is 37.4 Å². The van der Waals surface area contributed by atoms with E-state index in [9.17, 15) is 9.59 Å². The van der Waals surface area contributed by atoms with Crippen LogP contribution in [-0.2, 0) is 16.0 Å². The molecule has 0 aliphatic carbocycles. The van der Waals surface area contributed by atoms with Crippen LogP contribution in [0.5, 0.6) is 0 Å². The minimum atomic E-state index is -0.0280. The van der Waals surface area contributed by atoms with Crippen molar-refractivity contribution in [1.82, 2.24) is 25.8 Å². The number of guanidine groups is 1. The molecule has 2 amide bonds. The number of nitrogens with one attached hydrogen (secondary N) is 3. The molecule has 8 nitrogen and oxygen atoms in total. The van der Waals surface area contributed by atoms with E-state index in [-0.39, 0.29) is 48.4 Å². The monoisotopic (exact) mass is 536 g/mol. The lowest BCUT2D eigenvalue weighted by Gasteiger charge is -2.32. The van der Waals surface area contributed by atoms with Crippen molar-refractivity contribution in [3.63, 3.8) is 0 Å². The minimum absolute atomic E-state index is 0. The predicted molar refractivity (Wildman–Crippen MR) is 129 cm³/mol. The summed E-state index contributed by atoms with van der Waals surface area (Å²) >= 11 is 1.74. The molecule has 2 rings (SSSR count). The molecule has 2 heterocycles. The third kappa shape index (κ3) is 9.77. The fourth-order valence-corrected chi connectivity index (χ4v) is 3.62. The van der Waals surface area contributed by atoms with Crippen LogP contribution in [0.1, 0.15) is 17.7 Å². The molecule has 0 bridgehead atoms. The Morgan fingerprint density at radius 3 is 2.62 bits per heavy atom. The number of thiophene rings is 1. The fraction of sp³-hybridized carbons (Fsp3) is 0.632. The maximum atomic E-state index is 11.9. The number of carbonyl (C=O) groups is 2. The van der Waals surface area contributed by atoms with E-state index in [1.807, 2.05) is 0 Å². The van der Waals surface area contributed by atoms with Crippen molar-refractivity contribution in [2.24, 2.45) is 4.99 Å². The van der Waals surface area contributed by atoms with Crippen molar-refractivity contribution < 1.29 is 9.59 Å². The van der Waals surface area contributed by atoms with Crippen LogP contribution < -0.4 is 16.0 Å². The molecule has 29 heavy (non-hydrogen) atoms. The van der Waals surface area contributed by atoms with E-state index in [0.717, 1.165) is 38.9 Å². The second kappa shape index (κ2) is 13.8. The quantitative estimate of drug-likeness (QED) is 0.259. The highest BCUT2D eigenvalue weighted by Crippen LogP contribution is 2.10. The number of nitrogens with zero attached hydrogens (tertiary/aromatic N) is 3. The highest BCUT2D eigenvalue weighted by atomic mass is 127. The van der Waals surface area contributed by atoms with Crippen LogP contribution >= 0.6 is 35.3 Å². The van der Waals surface area contributed by atoms with Crippen molar-refractivity contribution in [3.8, 4) is 0 Å². The van der Waals surface area contributed by atoms with Gasteiger partial charge in [-0.3, -0.25) is 14.5 Å². The number of rotatable bonds is 8. The molecule has 1 fully saturated rings. The Balaban J connectivity index is 0.00000420. The lowest BCUT2D eigenvalue weighted by atomic mass is 10.1. The van der Waals surface area contributed by atoms with Crippen molar-refractivity contribution >= 4 is 53.1 Å². The number of halogens is 1. The highest BCUT2D eigenvalue weighted by molar-refractivity contribution is 14.0. The zero-order valence-corrected chi connectivity index (χ0v) is 20.6. The summed E-state index contributed by atoms with van der Waals surface area (Å²) in [5.41, 5.74) is 0. The zero-order chi connectivity index (χ0) is 20.4. The van der Waals surface area contributed by atoms with Gasteiger partial charge in [-0.15, -0.1) is 35.3 Å². The normalized spacial score (nSPS) is 15.3. The Hall–Kier alpha value is -1.40. The standard InChI is InChI=1S/C19H32N6O2S.HI/c1-20-17(26)14-25-10-7-15(8-11-25)23-19(22-13-18(27)24(2)3)21-9-6-16-5-4-12-28-16;/h4-5,12,15H,6-11,13-14H2,1-3H3,(H,20,26)(H2,21,22,23);1H. The summed E-state index contributed by atoms with van der Waals surface area (Å²) in [5, 5.41) is 11.6. The third-order valence-corrected chi connectivity index (χ3v) is 5.63. The van der Waals surface area contributed by atoms with Gasteiger partial charge in [0.2, 0.25) is 11.8 Å². The Bertz CT molecular complexity index is 645.